The number of aromatic nitrogens is 1. The monoisotopic (exact) mass is 600 g/mol. The smallest absolute Gasteiger partial charge is 0.428 e. The van der Waals surface area contributed by atoms with Crippen molar-refractivity contribution in [3.8, 4) is 0 Å². The highest BCUT2D eigenvalue weighted by atomic mass is 32.2. The summed E-state index contributed by atoms with van der Waals surface area (Å²) in [4.78, 5) is 44.1. The molecule has 0 atom stereocenters. The largest absolute Gasteiger partial charge is 0.449 e. The molecule has 1 aliphatic carbocycles. The molecular formula is C32H32N4O6S. The van der Waals surface area contributed by atoms with Crippen molar-refractivity contribution in [2.75, 3.05) is 38.1 Å². The number of hydrogen-bond acceptors (Lipinski definition) is 8. The number of benzene rings is 3. The zero-order chi connectivity index (χ0) is 30.6. The molecule has 0 radical (unpaired) electrons. The summed E-state index contributed by atoms with van der Waals surface area (Å²) in [5.41, 5.74) is 2.95. The summed E-state index contributed by atoms with van der Waals surface area (Å²) in [5.74, 6) is -0.536. The van der Waals surface area contributed by atoms with Crippen molar-refractivity contribution in [2.45, 2.75) is 31.8 Å². The number of allylic oxidation sites excluding steroid dienone is 1. The molecule has 222 valence electrons. The number of aryl methyl sites for hydroxylation is 1. The van der Waals surface area contributed by atoms with Gasteiger partial charge in [-0.1, -0.05) is 42.0 Å². The van der Waals surface area contributed by atoms with Crippen molar-refractivity contribution < 1.29 is 27.5 Å². The van der Waals surface area contributed by atoms with E-state index in [1.807, 2.05) is 47.7 Å². The third kappa shape index (κ3) is 4.68. The molecule has 0 unspecified atom stereocenters. The predicted molar refractivity (Wildman–Crippen MR) is 165 cm³/mol. The number of anilines is 1. The quantitative estimate of drug-likeness (QED) is 0.279. The lowest BCUT2D eigenvalue weighted by Crippen LogP contribution is -2.37. The molecule has 1 aromatic heterocycles. The number of likely N-dealkylation sites (N-methyl/N-ethyl adjacent to an activating group) is 1. The third-order valence-electron chi connectivity index (χ3n) is 7.89. The highest BCUT2D eigenvalue weighted by molar-refractivity contribution is 7.93. The summed E-state index contributed by atoms with van der Waals surface area (Å²) in [6, 6.07) is 15.0. The number of carbonyl (C=O) groups excluding carboxylic acids is 3. The molecule has 43 heavy (non-hydrogen) atoms. The van der Waals surface area contributed by atoms with E-state index in [-0.39, 0.29) is 35.2 Å². The molecule has 0 saturated carbocycles. The number of ketones is 2. The van der Waals surface area contributed by atoms with Gasteiger partial charge in [-0.25, -0.2) is 13.2 Å². The number of hydrogen-bond donors (Lipinski definition) is 0. The average Bonchev–Trinajstić information content (AvgIpc) is 3.30. The first-order chi connectivity index (χ1) is 20.5. The van der Waals surface area contributed by atoms with Crippen LogP contribution >= 0.6 is 0 Å². The second-order valence-corrected chi connectivity index (χ2v) is 12.9. The van der Waals surface area contributed by atoms with E-state index in [0.29, 0.717) is 56.0 Å². The molecule has 0 bridgehead atoms. The minimum absolute atomic E-state index is 0.0325. The molecule has 11 heteroatoms. The first-order valence-corrected chi connectivity index (χ1v) is 15.5. The summed E-state index contributed by atoms with van der Waals surface area (Å²) in [6.07, 6.45) is 0.542. The fraction of sp³-hybridized carbons (Fsp3) is 0.281. The molecule has 6 rings (SSSR count). The van der Waals surface area contributed by atoms with E-state index >= 15 is 0 Å². The average molecular weight is 601 g/mol. The van der Waals surface area contributed by atoms with Crippen LogP contribution in [0.25, 0.3) is 27.2 Å². The molecule has 0 fully saturated rings. The number of ether oxygens (including phenoxy) is 1. The Kier molecular flexibility index (Phi) is 7.10. The molecule has 10 nitrogen and oxygen atoms in total. The van der Waals surface area contributed by atoms with Crippen LogP contribution in [0.1, 0.15) is 35.0 Å². The van der Waals surface area contributed by atoms with Gasteiger partial charge in [-0.2, -0.15) is 4.31 Å². The van der Waals surface area contributed by atoms with Gasteiger partial charge in [-0.05, 0) is 51.5 Å². The lowest BCUT2D eigenvalue weighted by molar-refractivity contribution is -0.113. The van der Waals surface area contributed by atoms with Gasteiger partial charge in [0.25, 0.3) is 10.0 Å². The van der Waals surface area contributed by atoms with E-state index in [0.717, 1.165) is 12.1 Å². The van der Waals surface area contributed by atoms with Crippen LogP contribution in [0.3, 0.4) is 0 Å². The van der Waals surface area contributed by atoms with Gasteiger partial charge in [0.05, 0.1) is 52.6 Å². The van der Waals surface area contributed by atoms with Crippen LogP contribution in [0.2, 0.25) is 0 Å². The minimum atomic E-state index is -4.42. The summed E-state index contributed by atoms with van der Waals surface area (Å²) in [7, 11) is -0.488. The van der Waals surface area contributed by atoms with E-state index < -0.39 is 16.1 Å². The van der Waals surface area contributed by atoms with E-state index in [1.54, 1.807) is 43.3 Å². The van der Waals surface area contributed by atoms with Gasteiger partial charge in [0, 0.05) is 30.1 Å². The van der Waals surface area contributed by atoms with Crippen molar-refractivity contribution in [1.82, 2.24) is 14.4 Å². The minimum Gasteiger partial charge on any atom is -0.449 e. The third-order valence-corrected chi connectivity index (χ3v) is 9.58. The Morgan fingerprint density at radius 1 is 1.00 bits per heavy atom. The van der Waals surface area contributed by atoms with E-state index in [2.05, 4.69) is 0 Å². The summed E-state index contributed by atoms with van der Waals surface area (Å²) in [6.45, 7) is 5.12. The van der Waals surface area contributed by atoms with Gasteiger partial charge in [-0.15, -0.1) is 0 Å². The highest BCUT2D eigenvalue weighted by Crippen LogP contribution is 2.45. The Balaban J connectivity index is 1.67. The molecule has 3 aromatic carbocycles. The van der Waals surface area contributed by atoms with Crippen LogP contribution in [0, 0.1) is 6.92 Å². The van der Waals surface area contributed by atoms with E-state index in [1.165, 1.54) is 12.1 Å². The van der Waals surface area contributed by atoms with Gasteiger partial charge >= 0.3 is 6.09 Å². The number of rotatable bonds is 7. The lowest BCUT2D eigenvalue weighted by atomic mass is 9.88. The maximum Gasteiger partial charge on any atom is 0.428 e. The van der Waals surface area contributed by atoms with Crippen molar-refractivity contribution in [3.63, 3.8) is 0 Å². The molecule has 0 N–H and O–H groups in total. The maximum atomic E-state index is 14.1. The molecule has 2 heterocycles. The maximum absolute atomic E-state index is 14.1. The highest BCUT2D eigenvalue weighted by Gasteiger charge is 2.39. The number of sulfonamides is 1. The Labute approximate surface area is 249 Å². The second kappa shape index (κ2) is 10.7. The zero-order valence-electron chi connectivity index (χ0n) is 24.5. The predicted octanol–water partition coefficient (Wildman–Crippen LogP) is 4.79. The number of fused-ring (bicyclic) bond motifs is 5. The molecule has 2 aliphatic rings. The first kappa shape index (κ1) is 28.6. The Hall–Kier alpha value is -4.48. The van der Waals surface area contributed by atoms with E-state index in [4.69, 9.17) is 4.74 Å². The van der Waals surface area contributed by atoms with Crippen LogP contribution < -0.4 is 4.31 Å². The fourth-order valence-electron chi connectivity index (χ4n) is 5.84. The van der Waals surface area contributed by atoms with Crippen LogP contribution in [-0.4, -0.2) is 74.2 Å². The molecular weight excluding hydrogens is 568 g/mol. The normalized spacial score (nSPS) is 14.8. The molecule has 1 amide bonds. The van der Waals surface area contributed by atoms with Crippen molar-refractivity contribution in [1.29, 1.82) is 0 Å². The SMILES string of the molecule is CCOC(=O)N(c1cc2c(c3c4n2CN(CCN(C)C)C=C4C(=O)CC3=O)c2ccccc12)S(=O)(=O)c1ccc(C)cc1. The van der Waals surface area contributed by atoms with Gasteiger partial charge in [0.2, 0.25) is 0 Å². The van der Waals surface area contributed by atoms with Gasteiger partial charge in [0.1, 0.15) is 0 Å². The van der Waals surface area contributed by atoms with Crippen LogP contribution in [0.5, 0.6) is 0 Å². The van der Waals surface area contributed by atoms with Crippen LogP contribution in [0.15, 0.2) is 65.7 Å². The van der Waals surface area contributed by atoms with Gasteiger partial charge < -0.3 is 19.1 Å². The molecule has 1 aliphatic heterocycles. The van der Waals surface area contributed by atoms with Crippen molar-refractivity contribution in [3.05, 3.63) is 77.6 Å². The van der Waals surface area contributed by atoms with Crippen LogP contribution in [0.4, 0.5) is 10.5 Å². The molecule has 4 aromatic rings. The van der Waals surface area contributed by atoms with Crippen molar-refractivity contribution >= 4 is 60.6 Å². The number of Topliss-reactive ketones (excluding diaryl/α,β-unsaturated/α-hetero) is 2. The fourth-order valence-corrected chi connectivity index (χ4v) is 7.19. The lowest BCUT2D eigenvalue weighted by Gasteiger charge is -2.31. The van der Waals surface area contributed by atoms with Crippen LogP contribution in [-0.2, 0) is 26.2 Å². The van der Waals surface area contributed by atoms with Gasteiger partial charge in [-0.3, -0.25) is 9.59 Å². The number of carbonyl (C=O) groups is 3. The topological polar surface area (TPSA) is 109 Å². The Bertz CT molecular complexity index is 1960. The number of nitrogens with zero attached hydrogens (tertiary/aromatic N) is 4. The Morgan fingerprint density at radius 3 is 2.37 bits per heavy atom. The summed E-state index contributed by atoms with van der Waals surface area (Å²) in [5, 5.41) is 1.68. The zero-order valence-corrected chi connectivity index (χ0v) is 25.3. The van der Waals surface area contributed by atoms with Gasteiger partial charge in [0.15, 0.2) is 11.6 Å². The molecule has 0 spiro atoms. The Morgan fingerprint density at radius 2 is 1.70 bits per heavy atom. The number of amides is 1. The first-order valence-electron chi connectivity index (χ1n) is 14.1. The van der Waals surface area contributed by atoms with E-state index in [9.17, 15) is 22.8 Å². The molecule has 0 saturated heterocycles. The summed E-state index contributed by atoms with van der Waals surface area (Å²) < 4.78 is 36.2. The van der Waals surface area contributed by atoms with Crippen molar-refractivity contribution in [2.24, 2.45) is 0 Å². The second-order valence-electron chi connectivity index (χ2n) is 11.1. The standard InChI is InChI=1S/C32H32N4O6S/c1-5-42-32(39)36(43(40,41)21-12-10-20(2)11-13-21)25-16-26-29(23-9-7-6-8-22(23)25)30-28(38)17-27(37)24-18-34(15-14-33(3)4)19-35(26)31(24)30/h6-13,16,18H,5,14-15,17,19H2,1-4H3. The summed E-state index contributed by atoms with van der Waals surface area (Å²) >= 11 is 0.